The Kier molecular flexibility index (Phi) is 3.37. The molecule has 7 heteroatoms. The molecule has 0 bridgehead atoms. The molecular formula is C8H13N5O2. The highest BCUT2D eigenvalue weighted by molar-refractivity contribution is 5.77. The van der Waals surface area contributed by atoms with Crippen LogP contribution in [-0.2, 0) is 11.3 Å². The van der Waals surface area contributed by atoms with E-state index in [1.807, 2.05) is 0 Å². The molecule has 4 N–H and O–H groups in total. The van der Waals surface area contributed by atoms with Crippen LogP contribution >= 0.6 is 0 Å². The molecule has 0 spiro atoms. The minimum Gasteiger partial charge on any atom is -0.368 e. The van der Waals surface area contributed by atoms with Gasteiger partial charge >= 0.3 is 0 Å². The first kappa shape index (κ1) is 11.2. The molecule has 0 saturated carbocycles. The number of aromatic nitrogens is 3. The number of hydrogen-bond acceptors (Lipinski definition) is 5. The zero-order chi connectivity index (χ0) is 11.4. The van der Waals surface area contributed by atoms with Crippen molar-refractivity contribution < 1.29 is 4.79 Å². The summed E-state index contributed by atoms with van der Waals surface area (Å²) in [5, 5.41) is 9.62. The number of nitrogens with two attached hydrogens (primary N) is 1. The molecule has 1 heterocycles. The van der Waals surface area contributed by atoms with Crippen LogP contribution in [0.15, 0.2) is 4.79 Å². The molecular weight excluding hydrogens is 198 g/mol. The lowest BCUT2D eigenvalue weighted by Crippen LogP contribution is -2.31. The summed E-state index contributed by atoms with van der Waals surface area (Å²) >= 11 is 0. The van der Waals surface area contributed by atoms with Gasteiger partial charge in [0.15, 0.2) is 0 Å². The standard InChI is InChI=1S/C8H13N5O2/c1-4(2)6(14)10-3-5-7(15)11-8(9)13-12-5/h4H,3H2,1-2H3,(H,10,14)(H3,9,11,13,15). The largest absolute Gasteiger partial charge is 0.368 e. The molecule has 7 nitrogen and oxygen atoms in total. The van der Waals surface area contributed by atoms with Gasteiger partial charge in [-0.3, -0.25) is 14.6 Å². The van der Waals surface area contributed by atoms with E-state index in [1.165, 1.54) is 0 Å². The molecule has 0 radical (unpaired) electrons. The third kappa shape index (κ3) is 3.04. The molecule has 0 saturated heterocycles. The zero-order valence-electron chi connectivity index (χ0n) is 8.57. The van der Waals surface area contributed by atoms with Crippen LogP contribution in [0.4, 0.5) is 5.95 Å². The average Bonchev–Trinajstić information content (AvgIpc) is 2.15. The molecule has 0 aliphatic rings. The van der Waals surface area contributed by atoms with Crippen LogP contribution in [0.3, 0.4) is 0 Å². The fourth-order valence-electron chi connectivity index (χ4n) is 0.864. The van der Waals surface area contributed by atoms with Gasteiger partial charge < -0.3 is 11.1 Å². The minimum absolute atomic E-state index is 0.0427. The number of hydrogen-bond donors (Lipinski definition) is 3. The van der Waals surface area contributed by atoms with Gasteiger partial charge in [0, 0.05) is 5.92 Å². The smallest absolute Gasteiger partial charge is 0.276 e. The Bertz CT molecular complexity index is 412. The summed E-state index contributed by atoms with van der Waals surface area (Å²) in [5.41, 5.74) is 4.91. The van der Waals surface area contributed by atoms with Crippen LogP contribution in [0.1, 0.15) is 19.5 Å². The molecule has 1 aromatic rings. The second kappa shape index (κ2) is 4.54. The number of nitrogens with zero attached hydrogens (tertiary/aromatic N) is 2. The second-order valence-corrected chi connectivity index (χ2v) is 3.36. The molecule has 0 aromatic carbocycles. The highest BCUT2D eigenvalue weighted by Crippen LogP contribution is 1.91. The van der Waals surface area contributed by atoms with Crippen LogP contribution in [0, 0.1) is 5.92 Å². The number of nitrogens with one attached hydrogen (secondary N) is 2. The van der Waals surface area contributed by atoms with E-state index in [9.17, 15) is 9.59 Å². The van der Waals surface area contributed by atoms with Crippen molar-refractivity contribution in [3.05, 3.63) is 16.0 Å². The van der Waals surface area contributed by atoms with Crippen molar-refractivity contribution in [2.75, 3.05) is 5.73 Å². The molecule has 0 aliphatic heterocycles. The SMILES string of the molecule is CC(C)C(=O)NCc1nnc(N)[nH]c1=O. The predicted molar refractivity (Wildman–Crippen MR) is 53.7 cm³/mol. The van der Waals surface area contributed by atoms with E-state index in [0.29, 0.717) is 0 Å². The summed E-state index contributed by atoms with van der Waals surface area (Å²) in [7, 11) is 0. The molecule has 1 aromatic heterocycles. The third-order valence-corrected chi connectivity index (χ3v) is 1.74. The Morgan fingerprint density at radius 2 is 2.20 bits per heavy atom. The van der Waals surface area contributed by atoms with E-state index in [0.717, 1.165) is 0 Å². The Morgan fingerprint density at radius 1 is 1.53 bits per heavy atom. The topological polar surface area (TPSA) is 114 Å². The van der Waals surface area contributed by atoms with E-state index in [2.05, 4.69) is 20.5 Å². The number of anilines is 1. The average molecular weight is 211 g/mol. The number of nitrogen functional groups attached to an aromatic ring is 1. The van der Waals surface area contributed by atoms with Gasteiger partial charge in [0.2, 0.25) is 11.9 Å². The Labute approximate surface area is 86.1 Å². The molecule has 82 valence electrons. The first-order valence-corrected chi connectivity index (χ1v) is 4.49. The molecule has 1 amide bonds. The monoisotopic (exact) mass is 211 g/mol. The number of rotatable bonds is 3. The van der Waals surface area contributed by atoms with Crippen molar-refractivity contribution in [1.82, 2.24) is 20.5 Å². The zero-order valence-corrected chi connectivity index (χ0v) is 8.57. The molecule has 0 atom stereocenters. The normalized spacial score (nSPS) is 10.3. The van der Waals surface area contributed by atoms with E-state index in [4.69, 9.17) is 5.73 Å². The number of aromatic amines is 1. The lowest BCUT2D eigenvalue weighted by molar-refractivity contribution is -0.124. The lowest BCUT2D eigenvalue weighted by atomic mass is 10.2. The minimum atomic E-state index is -0.438. The molecule has 1 rings (SSSR count). The van der Waals surface area contributed by atoms with Crippen molar-refractivity contribution in [2.24, 2.45) is 5.92 Å². The number of amides is 1. The highest BCUT2D eigenvalue weighted by atomic mass is 16.2. The maximum Gasteiger partial charge on any atom is 0.276 e. The van der Waals surface area contributed by atoms with Gasteiger partial charge in [-0.25, -0.2) is 0 Å². The Morgan fingerprint density at radius 3 is 2.73 bits per heavy atom. The summed E-state index contributed by atoms with van der Waals surface area (Å²) in [6.45, 7) is 3.57. The van der Waals surface area contributed by atoms with Crippen molar-refractivity contribution in [3.63, 3.8) is 0 Å². The third-order valence-electron chi connectivity index (χ3n) is 1.74. The number of H-pyrrole nitrogens is 1. The van der Waals surface area contributed by atoms with Crippen LogP contribution < -0.4 is 16.6 Å². The van der Waals surface area contributed by atoms with E-state index in [1.54, 1.807) is 13.8 Å². The molecule has 0 unspecified atom stereocenters. The van der Waals surface area contributed by atoms with Crippen LogP contribution in [0.25, 0.3) is 0 Å². The van der Waals surface area contributed by atoms with Gasteiger partial charge in [0.25, 0.3) is 5.56 Å². The van der Waals surface area contributed by atoms with Crippen molar-refractivity contribution in [2.45, 2.75) is 20.4 Å². The van der Waals surface area contributed by atoms with E-state index in [-0.39, 0.29) is 30.0 Å². The summed E-state index contributed by atoms with van der Waals surface area (Å²) in [6, 6.07) is 0. The van der Waals surface area contributed by atoms with E-state index < -0.39 is 5.56 Å². The van der Waals surface area contributed by atoms with Crippen LogP contribution in [-0.4, -0.2) is 21.1 Å². The lowest BCUT2D eigenvalue weighted by Gasteiger charge is -2.05. The van der Waals surface area contributed by atoms with Crippen molar-refractivity contribution >= 4 is 11.9 Å². The Balaban J connectivity index is 2.66. The van der Waals surface area contributed by atoms with Gasteiger partial charge in [-0.15, -0.1) is 10.2 Å². The first-order chi connectivity index (χ1) is 7.00. The Hall–Kier alpha value is -1.92. The number of carbonyl (C=O) groups excluding carboxylic acids is 1. The van der Waals surface area contributed by atoms with Gasteiger partial charge in [-0.05, 0) is 0 Å². The molecule has 0 aliphatic carbocycles. The highest BCUT2D eigenvalue weighted by Gasteiger charge is 2.08. The molecule has 15 heavy (non-hydrogen) atoms. The summed E-state index contributed by atoms with van der Waals surface area (Å²) < 4.78 is 0. The van der Waals surface area contributed by atoms with Crippen LogP contribution in [0.2, 0.25) is 0 Å². The quantitative estimate of drug-likeness (QED) is 0.594. The van der Waals surface area contributed by atoms with E-state index >= 15 is 0 Å². The fraction of sp³-hybridized carbons (Fsp3) is 0.500. The predicted octanol–water partition coefficient (Wildman–Crippen LogP) is -0.981. The van der Waals surface area contributed by atoms with Gasteiger partial charge in [-0.1, -0.05) is 13.8 Å². The van der Waals surface area contributed by atoms with Crippen LogP contribution in [0.5, 0.6) is 0 Å². The fourth-order valence-corrected chi connectivity index (χ4v) is 0.864. The maximum atomic E-state index is 11.2. The maximum absolute atomic E-state index is 11.2. The molecule has 0 fully saturated rings. The van der Waals surface area contributed by atoms with Crippen molar-refractivity contribution in [1.29, 1.82) is 0 Å². The summed E-state index contributed by atoms with van der Waals surface area (Å²) in [5.74, 6) is -0.321. The number of carbonyl (C=O) groups is 1. The summed E-state index contributed by atoms with van der Waals surface area (Å²) in [4.78, 5) is 24.7. The first-order valence-electron chi connectivity index (χ1n) is 4.49. The second-order valence-electron chi connectivity index (χ2n) is 3.36. The van der Waals surface area contributed by atoms with Gasteiger partial charge in [0.05, 0.1) is 6.54 Å². The van der Waals surface area contributed by atoms with Gasteiger partial charge in [0.1, 0.15) is 5.69 Å². The van der Waals surface area contributed by atoms with Crippen molar-refractivity contribution in [3.8, 4) is 0 Å². The summed E-state index contributed by atoms with van der Waals surface area (Å²) in [6.07, 6.45) is 0. The van der Waals surface area contributed by atoms with Gasteiger partial charge in [-0.2, -0.15) is 0 Å².